The van der Waals surface area contributed by atoms with E-state index in [1.807, 2.05) is 41.0 Å². The summed E-state index contributed by atoms with van der Waals surface area (Å²) in [6, 6.07) is 16.1. The Morgan fingerprint density at radius 2 is 1.84 bits per heavy atom. The maximum Gasteiger partial charge on any atom is 0.201 e. The van der Waals surface area contributed by atoms with Crippen molar-refractivity contribution in [2.24, 2.45) is 0 Å². The van der Waals surface area contributed by atoms with Gasteiger partial charge in [-0.1, -0.05) is 48.0 Å². The first-order valence-electron chi connectivity index (χ1n) is 6.15. The van der Waals surface area contributed by atoms with Crippen LogP contribution in [-0.2, 0) is 0 Å². The van der Waals surface area contributed by atoms with Crippen LogP contribution in [-0.4, -0.2) is 9.55 Å². The van der Waals surface area contributed by atoms with E-state index in [-0.39, 0.29) is 6.04 Å². The van der Waals surface area contributed by atoms with E-state index in [2.05, 4.69) is 24.0 Å². The number of fused-ring (bicyclic) bond motifs is 1. The van der Waals surface area contributed by atoms with Gasteiger partial charge in [-0.2, -0.15) is 0 Å². The zero-order valence-electron chi connectivity index (χ0n) is 10.5. The minimum absolute atomic E-state index is 0.115. The minimum atomic E-state index is 0.115. The molecule has 0 fully saturated rings. The Hall–Kier alpha value is -2.00. The van der Waals surface area contributed by atoms with Gasteiger partial charge in [-0.05, 0) is 24.6 Å². The highest BCUT2D eigenvalue weighted by molar-refractivity contribution is 6.35. The average molecular weight is 272 g/mol. The summed E-state index contributed by atoms with van der Waals surface area (Å²) in [4.78, 5) is 4.37. The molecule has 1 heterocycles. The molecule has 3 nitrogen and oxygen atoms in total. The average Bonchev–Trinajstić information content (AvgIpc) is 2.77. The largest absolute Gasteiger partial charge is 0.369 e. The molecule has 0 saturated heterocycles. The second kappa shape index (κ2) is 4.59. The number of hydrogen-bond acceptors (Lipinski definition) is 2. The van der Waals surface area contributed by atoms with Crippen molar-refractivity contribution in [2.75, 3.05) is 5.73 Å². The molecule has 3 aromatic rings. The lowest BCUT2D eigenvalue weighted by molar-refractivity contribution is 0.668. The summed E-state index contributed by atoms with van der Waals surface area (Å²) in [5.41, 5.74) is 8.96. The zero-order chi connectivity index (χ0) is 13.4. The van der Waals surface area contributed by atoms with Gasteiger partial charge in [-0.15, -0.1) is 0 Å². The first kappa shape index (κ1) is 12.1. The number of hydrogen-bond donors (Lipinski definition) is 1. The Morgan fingerprint density at radius 1 is 1.11 bits per heavy atom. The number of anilines is 1. The predicted molar refractivity (Wildman–Crippen MR) is 79.4 cm³/mol. The van der Waals surface area contributed by atoms with Crippen molar-refractivity contribution in [3.63, 3.8) is 0 Å². The van der Waals surface area contributed by atoms with Gasteiger partial charge in [0.1, 0.15) is 5.52 Å². The Kier molecular flexibility index (Phi) is 2.91. The summed E-state index contributed by atoms with van der Waals surface area (Å²) in [6.07, 6.45) is 0. The third-order valence-corrected chi connectivity index (χ3v) is 3.67. The van der Waals surface area contributed by atoms with E-state index in [0.717, 1.165) is 11.0 Å². The summed E-state index contributed by atoms with van der Waals surface area (Å²) < 4.78 is 2.01. The van der Waals surface area contributed by atoms with Crippen LogP contribution in [0.4, 0.5) is 5.95 Å². The maximum atomic E-state index is 6.16. The molecular weight excluding hydrogens is 258 g/mol. The molecule has 0 aliphatic rings. The molecule has 2 N–H and O–H groups in total. The van der Waals surface area contributed by atoms with Gasteiger partial charge in [-0.25, -0.2) is 4.98 Å². The molecule has 0 aliphatic carbocycles. The lowest BCUT2D eigenvalue weighted by Gasteiger charge is -2.16. The van der Waals surface area contributed by atoms with Gasteiger partial charge in [0.25, 0.3) is 0 Å². The van der Waals surface area contributed by atoms with Gasteiger partial charge >= 0.3 is 0 Å². The van der Waals surface area contributed by atoms with Gasteiger partial charge < -0.3 is 10.3 Å². The molecule has 1 unspecified atom stereocenters. The molecular formula is C15H14ClN3. The molecule has 96 valence electrons. The van der Waals surface area contributed by atoms with Crippen LogP contribution in [0.3, 0.4) is 0 Å². The van der Waals surface area contributed by atoms with E-state index in [1.54, 1.807) is 0 Å². The highest BCUT2D eigenvalue weighted by Gasteiger charge is 2.16. The van der Waals surface area contributed by atoms with E-state index >= 15 is 0 Å². The molecule has 1 aromatic heterocycles. The van der Waals surface area contributed by atoms with Crippen LogP contribution >= 0.6 is 11.6 Å². The van der Waals surface area contributed by atoms with Crippen LogP contribution in [0.5, 0.6) is 0 Å². The lowest BCUT2D eigenvalue weighted by Crippen LogP contribution is -2.09. The second-order valence-electron chi connectivity index (χ2n) is 4.53. The van der Waals surface area contributed by atoms with Crippen LogP contribution in [0.2, 0.25) is 5.02 Å². The number of rotatable bonds is 2. The molecule has 1 atom stereocenters. The van der Waals surface area contributed by atoms with Crippen molar-refractivity contribution in [1.29, 1.82) is 0 Å². The van der Waals surface area contributed by atoms with E-state index in [9.17, 15) is 0 Å². The van der Waals surface area contributed by atoms with Crippen molar-refractivity contribution in [2.45, 2.75) is 13.0 Å². The fourth-order valence-corrected chi connectivity index (χ4v) is 2.60. The van der Waals surface area contributed by atoms with Crippen molar-refractivity contribution in [3.05, 3.63) is 59.1 Å². The fourth-order valence-electron chi connectivity index (χ4n) is 2.39. The Labute approximate surface area is 116 Å². The Bertz CT molecular complexity index is 719. The standard InChI is InChI=1S/C15H14ClN3/c1-10(11-6-3-2-4-7-11)19-13-9-5-8-12(16)14(13)18-15(19)17/h2-10H,1H3,(H2,17,18). The maximum absolute atomic E-state index is 6.16. The highest BCUT2D eigenvalue weighted by atomic mass is 35.5. The van der Waals surface area contributed by atoms with Gasteiger partial charge in [-0.3, -0.25) is 0 Å². The monoisotopic (exact) mass is 271 g/mol. The third-order valence-electron chi connectivity index (χ3n) is 3.37. The number of para-hydroxylation sites is 1. The first-order chi connectivity index (χ1) is 9.18. The molecule has 0 radical (unpaired) electrons. The molecule has 0 spiro atoms. The molecule has 4 heteroatoms. The minimum Gasteiger partial charge on any atom is -0.369 e. The van der Waals surface area contributed by atoms with E-state index in [4.69, 9.17) is 17.3 Å². The second-order valence-corrected chi connectivity index (χ2v) is 4.94. The van der Waals surface area contributed by atoms with E-state index < -0.39 is 0 Å². The van der Waals surface area contributed by atoms with E-state index in [1.165, 1.54) is 5.56 Å². The molecule has 0 aliphatic heterocycles. The summed E-state index contributed by atoms with van der Waals surface area (Å²) >= 11 is 6.16. The Morgan fingerprint density at radius 3 is 2.58 bits per heavy atom. The molecule has 0 amide bonds. The fraction of sp³-hybridized carbons (Fsp3) is 0.133. The van der Waals surface area contributed by atoms with Gasteiger partial charge in [0.05, 0.1) is 16.6 Å². The molecule has 0 bridgehead atoms. The number of halogens is 1. The van der Waals surface area contributed by atoms with Crippen LogP contribution in [0.15, 0.2) is 48.5 Å². The van der Waals surface area contributed by atoms with Crippen molar-refractivity contribution in [3.8, 4) is 0 Å². The quantitative estimate of drug-likeness (QED) is 0.769. The van der Waals surface area contributed by atoms with Crippen LogP contribution < -0.4 is 5.73 Å². The Balaban J connectivity index is 2.20. The number of imidazole rings is 1. The smallest absolute Gasteiger partial charge is 0.201 e. The number of nitrogens with two attached hydrogens (primary N) is 1. The van der Waals surface area contributed by atoms with Crippen molar-refractivity contribution < 1.29 is 0 Å². The number of aromatic nitrogens is 2. The number of benzene rings is 2. The van der Waals surface area contributed by atoms with Crippen LogP contribution in [0.25, 0.3) is 11.0 Å². The number of nitrogen functional groups attached to an aromatic ring is 1. The topological polar surface area (TPSA) is 43.8 Å². The van der Waals surface area contributed by atoms with Crippen LogP contribution in [0.1, 0.15) is 18.5 Å². The molecule has 2 aromatic carbocycles. The lowest BCUT2D eigenvalue weighted by atomic mass is 10.1. The normalized spacial score (nSPS) is 12.7. The predicted octanol–water partition coefficient (Wildman–Crippen LogP) is 3.88. The summed E-state index contributed by atoms with van der Waals surface area (Å²) in [5, 5.41) is 0.628. The van der Waals surface area contributed by atoms with Crippen molar-refractivity contribution in [1.82, 2.24) is 9.55 Å². The summed E-state index contributed by atoms with van der Waals surface area (Å²) in [7, 11) is 0. The van der Waals surface area contributed by atoms with E-state index in [0.29, 0.717) is 11.0 Å². The molecule has 0 saturated carbocycles. The molecule has 19 heavy (non-hydrogen) atoms. The summed E-state index contributed by atoms with van der Waals surface area (Å²) in [6.45, 7) is 2.10. The SMILES string of the molecule is CC(c1ccccc1)n1c(N)nc2c(Cl)cccc21. The summed E-state index contributed by atoms with van der Waals surface area (Å²) in [5.74, 6) is 0.486. The van der Waals surface area contributed by atoms with Gasteiger partial charge in [0.15, 0.2) is 0 Å². The van der Waals surface area contributed by atoms with Gasteiger partial charge in [0, 0.05) is 0 Å². The van der Waals surface area contributed by atoms with Gasteiger partial charge in [0.2, 0.25) is 5.95 Å². The van der Waals surface area contributed by atoms with Crippen LogP contribution in [0, 0.1) is 0 Å². The highest BCUT2D eigenvalue weighted by Crippen LogP contribution is 2.30. The third kappa shape index (κ3) is 1.96. The molecule has 3 rings (SSSR count). The first-order valence-corrected chi connectivity index (χ1v) is 6.53. The van der Waals surface area contributed by atoms with Crippen molar-refractivity contribution >= 4 is 28.6 Å². The number of nitrogens with zero attached hydrogens (tertiary/aromatic N) is 2. The zero-order valence-corrected chi connectivity index (χ0v) is 11.3.